The lowest BCUT2D eigenvalue weighted by molar-refractivity contribution is 0.0978. The Hall–Kier alpha value is -2.16. The van der Waals surface area contributed by atoms with Gasteiger partial charge in [-0.3, -0.25) is 9.78 Å². The quantitative estimate of drug-likeness (QED) is 0.816. The van der Waals surface area contributed by atoms with Gasteiger partial charge in [-0.1, -0.05) is 30.3 Å². The fourth-order valence-corrected chi connectivity index (χ4v) is 1.80. The number of Topliss-reactive ketones (excluding diaryl/α,β-unsaturated/α-hetero) is 1. The summed E-state index contributed by atoms with van der Waals surface area (Å²) in [6, 6.07) is 13.3. The fourth-order valence-electron chi connectivity index (χ4n) is 1.80. The van der Waals surface area contributed by atoms with Gasteiger partial charge in [-0.25, -0.2) is 0 Å². The van der Waals surface area contributed by atoms with Gasteiger partial charge in [0.05, 0.1) is 5.69 Å². The second-order valence-electron chi connectivity index (χ2n) is 4.28. The molecule has 0 spiro atoms. The van der Waals surface area contributed by atoms with Gasteiger partial charge in [-0.15, -0.1) is 0 Å². The van der Waals surface area contributed by atoms with Crippen LogP contribution in [0.3, 0.4) is 0 Å². The number of hydrogen-bond donors (Lipinski definition) is 1. The van der Waals surface area contributed by atoms with Crippen LogP contribution in [0.15, 0.2) is 54.9 Å². The third-order valence-corrected chi connectivity index (χ3v) is 2.66. The lowest BCUT2D eigenvalue weighted by Crippen LogP contribution is -2.19. The van der Waals surface area contributed by atoms with E-state index in [1.807, 2.05) is 49.4 Å². The molecule has 1 aromatic carbocycles. The highest BCUT2D eigenvalue weighted by molar-refractivity contribution is 5.96. The van der Waals surface area contributed by atoms with Crippen molar-refractivity contribution < 1.29 is 4.79 Å². The maximum Gasteiger partial charge on any atom is 0.164 e. The first-order valence-electron chi connectivity index (χ1n) is 6.00. The van der Waals surface area contributed by atoms with E-state index < -0.39 is 0 Å². The lowest BCUT2D eigenvalue weighted by Gasteiger charge is -2.14. The van der Waals surface area contributed by atoms with Crippen molar-refractivity contribution >= 4 is 11.5 Å². The Balaban J connectivity index is 1.92. The minimum Gasteiger partial charge on any atom is -0.381 e. The summed E-state index contributed by atoms with van der Waals surface area (Å²) >= 11 is 0. The van der Waals surface area contributed by atoms with Gasteiger partial charge in [0.1, 0.15) is 0 Å². The van der Waals surface area contributed by atoms with Crippen molar-refractivity contribution in [2.75, 3.05) is 5.32 Å². The Morgan fingerprint density at radius 2 is 2.00 bits per heavy atom. The summed E-state index contributed by atoms with van der Waals surface area (Å²) in [5, 5.41) is 3.26. The minimum atomic E-state index is 0.0851. The summed E-state index contributed by atoms with van der Waals surface area (Å²) in [4.78, 5) is 16.0. The zero-order chi connectivity index (χ0) is 12.8. The maximum absolute atomic E-state index is 12.0. The third-order valence-electron chi connectivity index (χ3n) is 2.66. The summed E-state index contributed by atoms with van der Waals surface area (Å²) < 4.78 is 0. The zero-order valence-electron chi connectivity index (χ0n) is 10.3. The molecule has 0 fully saturated rings. The summed E-state index contributed by atoms with van der Waals surface area (Å²) in [5.74, 6) is 0.152. The molecule has 1 N–H and O–H groups in total. The molecule has 0 saturated carbocycles. The van der Waals surface area contributed by atoms with E-state index in [9.17, 15) is 4.79 Å². The summed E-state index contributed by atoms with van der Waals surface area (Å²) in [6.07, 6.45) is 3.95. The molecule has 1 aromatic heterocycles. The number of benzene rings is 1. The van der Waals surface area contributed by atoms with E-state index in [4.69, 9.17) is 0 Å². The van der Waals surface area contributed by atoms with Crippen LogP contribution in [-0.4, -0.2) is 16.8 Å². The molecule has 3 heteroatoms. The number of nitrogens with one attached hydrogen (secondary N) is 1. The molecule has 3 nitrogen and oxygen atoms in total. The van der Waals surface area contributed by atoms with Gasteiger partial charge < -0.3 is 5.32 Å². The van der Waals surface area contributed by atoms with Crippen LogP contribution >= 0.6 is 0 Å². The topological polar surface area (TPSA) is 42.0 Å². The maximum atomic E-state index is 12.0. The Bertz CT molecular complexity index is 496. The van der Waals surface area contributed by atoms with E-state index in [0.29, 0.717) is 6.42 Å². The molecule has 0 aliphatic rings. The van der Waals surface area contributed by atoms with Crippen LogP contribution in [-0.2, 0) is 0 Å². The molecule has 1 atom stereocenters. The Kier molecular flexibility index (Phi) is 4.07. The van der Waals surface area contributed by atoms with Crippen molar-refractivity contribution in [2.24, 2.45) is 0 Å². The SMILES string of the molecule is CC(CC(=O)c1ccccc1)Nc1cccnc1. The molecule has 92 valence electrons. The second kappa shape index (κ2) is 5.96. The zero-order valence-corrected chi connectivity index (χ0v) is 10.3. The molecule has 1 heterocycles. The Morgan fingerprint density at radius 1 is 1.22 bits per heavy atom. The molecule has 0 saturated heterocycles. The number of hydrogen-bond acceptors (Lipinski definition) is 3. The molecule has 0 aliphatic heterocycles. The lowest BCUT2D eigenvalue weighted by atomic mass is 10.0. The van der Waals surface area contributed by atoms with Crippen molar-refractivity contribution in [1.29, 1.82) is 0 Å². The number of nitrogens with zero attached hydrogens (tertiary/aromatic N) is 1. The van der Waals surface area contributed by atoms with Crippen molar-refractivity contribution in [3.8, 4) is 0 Å². The number of ketones is 1. The van der Waals surface area contributed by atoms with E-state index in [0.717, 1.165) is 11.3 Å². The molecule has 1 unspecified atom stereocenters. The number of carbonyl (C=O) groups excluding carboxylic acids is 1. The van der Waals surface area contributed by atoms with Gasteiger partial charge in [0, 0.05) is 30.4 Å². The largest absolute Gasteiger partial charge is 0.381 e. The normalized spacial score (nSPS) is 11.8. The third kappa shape index (κ3) is 3.42. The molecule has 0 bridgehead atoms. The van der Waals surface area contributed by atoms with Gasteiger partial charge in [-0.05, 0) is 19.1 Å². The highest BCUT2D eigenvalue weighted by atomic mass is 16.1. The van der Waals surface area contributed by atoms with Crippen LogP contribution in [0, 0.1) is 0 Å². The molecule has 2 aromatic rings. The van der Waals surface area contributed by atoms with Crippen LogP contribution in [0.25, 0.3) is 0 Å². The van der Waals surface area contributed by atoms with E-state index >= 15 is 0 Å². The van der Waals surface area contributed by atoms with Crippen LogP contribution in [0.5, 0.6) is 0 Å². The standard InChI is InChI=1S/C15H16N2O/c1-12(17-14-8-5-9-16-11-14)10-15(18)13-6-3-2-4-7-13/h2-9,11-12,17H,10H2,1H3. The first-order chi connectivity index (χ1) is 8.75. The highest BCUT2D eigenvalue weighted by Crippen LogP contribution is 2.10. The van der Waals surface area contributed by atoms with Crippen molar-refractivity contribution in [3.63, 3.8) is 0 Å². The average molecular weight is 240 g/mol. The van der Waals surface area contributed by atoms with Gasteiger partial charge in [0.15, 0.2) is 5.78 Å². The van der Waals surface area contributed by atoms with Gasteiger partial charge in [-0.2, -0.15) is 0 Å². The van der Waals surface area contributed by atoms with E-state index in [-0.39, 0.29) is 11.8 Å². The van der Waals surface area contributed by atoms with E-state index in [1.54, 1.807) is 12.4 Å². The molecule has 0 amide bonds. The average Bonchev–Trinajstić information content (AvgIpc) is 2.40. The van der Waals surface area contributed by atoms with Crippen LogP contribution in [0.4, 0.5) is 5.69 Å². The molecular weight excluding hydrogens is 224 g/mol. The molecular formula is C15H16N2O. The van der Waals surface area contributed by atoms with Crippen molar-refractivity contribution in [2.45, 2.75) is 19.4 Å². The van der Waals surface area contributed by atoms with Gasteiger partial charge >= 0.3 is 0 Å². The number of pyridine rings is 1. The van der Waals surface area contributed by atoms with Crippen LogP contribution in [0.1, 0.15) is 23.7 Å². The summed E-state index contributed by atoms with van der Waals surface area (Å²) in [7, 11) is 0. The Morgan fingerprint density at radius 3 is 2.67 bits per heavy atom. The number of anilines is 1. The van der Waals surface area contributed by atoms with Gasteiger partial charge in [0.25, 0.3) is 0 Å². The van der Waals surface area contributed by atoms with Crippen molar-refractivity contribution in [3.05, 3.63) is 60.4 Å². The number of carbonyl (C=O) groups is 1. The first kappa shape index (κ1) is 12.3. The predicted molar refractivity (Wildman–Crippen MR) is 72.7 cm³/mol. The Labute approximate surface area is 107 Å². The van der Waals surface area contributed by atoms with E-state index in [2.05, 4.69) is 10.3 Å². The molecule has 2 rings (SSSR count). The molecule has 0 radical (unpaired) electrons. The highest BCUT2D eigenvalue weighted by Gasteiger charge is 2.10. The van der Waals surface area contributed by atoms with Crippen LogP contribution in [0.2, 0.25) is 0 Å². The second-order valence-corrected chi connectivity index (χ2v) is 4.28. The molecule has 0 aliphatic carbocycles. The van der Waals surface area contributed by atoms with Crippen LogP contribution < -0.4 is 5.32 Å². The minimum absolute atomic E-state index is 0.0851. The summed E-state index contributed by atoms with van der Waals surface area (Å²) in [5.41, 5.74) is 1.70. The molecule has 18 heavy (non-hydrogen) atoms. The van der Waals surface area contributed by atoms with Gasteiger partial charge in [0.2, 0.25) is 0 Å². The first-order valence-corrected chi connectivity index (χ1v) is 6.00. The predicted octanol–water partition coefficient (Wildman–Crippen LogP) is 3.16. The monoisotopic (exact) mass is 240 g/mol. The number of rotatable bonds is 5. The number of aromatic nitrogens is 1. The van der Waals surface area contributed by atoms with E-state index in [1.165, 1.54) is 0 Å². The smallest absolute Gasteiger partial charge is 0.164 e. The summed E-state index contributed by atoms with van der Waals surface area (Å²) in [6.45, 7) is 1.99. The fraction of sp³-hybridized carbons (Fsp3) is 0.200. The van der Waals surface area contributed by atoms with Crippen molar-refractivity contribution in [1.82, 2.24) is 4.98 Å².